The van der Waals surface area contributed by atoms with E-state index in [0.29, 0.717) is 32.7 Å². The molecule has 2 atom stereocenters. The second-order valence-corrected chi connectivity index (χ2v) is 5.66. The van der Waals surface area contributed by atoms with Gasteiger partial charge in [0.2, 0.25) is 5.91 Å². The lowest BCUT2D eigenvalue weighted by molar-refractivity contribution is -0.131. The van der Waals surface area contributed by atoms with Gasteiger partial charge < -0.3 is 25.2 Å². The van der Waals surface area contributed by atoms with Crippen LogP contribution in [0.1, 0.15) is 12.0 Å². The van der Waals surface area contributed by atoms with E-state index in [2.05, 4.69) is 10.2 Å². The fraction of sp³-hybridized carbons (Fsp3) is 0.529. The van der Waals surface area contributed by atoms with Crippen molar-refractivity contribution in [2.75, 3.05) is 33.3 Å². The highest BCUT2D eigenvalue weighted by Gasteiger charge is 2.31. The van der Waals surface area contributed by atoms with Crippen molar-refractivity contribution in [1.82, 2.24) is 10.2 Å². The van der Waals surface area contributed by atoms with Crippen molar-refractivity contribution in [3.8, 4) is 0 Å². The zero-order chi connectivity index (χ0) is 17.8. The molecule has 2 rings (SSSR count). The van der Waals surface area contributed by atoms with Crippen molar-refractivity contribution in [2.24, 2.45) is 5.92 Å². The van der Waals surface area contributed by atoms with Gasteiger partial charge in [0.1, 0.15) is 0 Å². The van der Waals surface area contributed by atoms with Crippen molar-refractivity contribution in [3.05, 3.63) is 35.9 Å². The lowest BCUT2D eigenvalue weighted by atomic mass is 9.94. The highest BCUT2D eigenvalue weighted by atomic mass is 16.5. The number of benzene rings is 1. The van der Waals surface area contributed by atoms with Gasteiger partial charge in [-0.3, -0.25) is 9.59 Å². The van der Waals surface area contributed by atoms with Crippen LogP contribution in [0.5, 0.6) is 0 Å². The summed E-state index contributed by atoms with van der Waals surface area (Å²) in [4.78, 5) is 22.5. The van der Waals surface area contributed by atoms with Gasteiger partial charge in [-0.15, -0.1) is 0 Å². The van der Waals surface area contributed by atoms with Gasteiger partial charge in [0.15, 0.2) is 0 Å². The number of amides is 1. The summed E-state index contributed by atoms with van der Waals surface area (Å²) in [5.74, 6) is -0.421. The Labute approximate surface area is 142 Å². The summed E-state index contributed by atoms with van der Waals surface area (Å²) in [7, 11) is 1.97. The highest BCUT2D eigenvalue weighted by Crippen LogP contribution is 2.15. The van der Waals surface area contributed by atoms with Crippen LogP contribution in [0.4, 0.5) is 0 Å². The number of rotatable bonds is 6. The number of nitrogens with zero attached hydrogens (tertiary/aromatic N) is 1. The molecule has 1 aliphatic rings. The summed E-state index contributed by atoms with van der Waals surface area (Å²) >= 11 is 0. The normalized spacial score (nSPS) is 20.6. The van der Waals surface area contributed by atoms with E-state index in [1.54, 1.807) is 0 Å². The van der Waals surface area contributed by atoms with Crippen molar-refractivity contribution in [2.45, 2.75) is 19.1 Å². The van der Waals surface area contributed by atoms with Gasteiger partial charge in [0, 0.05) is 19.6 Å². The van der Waals surface area contributed by atoms with E-state index in [1.165, 1.54) is 0 Å². The molecule has 1 heterocycles. The second kappa shape index (κ2) is 11.6. The quantitative estimate of drug-likeness (QED) is 0.511. The predicted octanol–water partition coefficient (Wildman–Crippen LogP) is 0.333. The minimum atomic E-state index is -0.536. The van der Waals surface area contributed by atoms with Gasteiger partial charge in [0.05, 0.1) is 25.2 Å². The first-order valence-corrected chi connectivity index (χ1v) is 7.92. The summed E-state index contributed by atoms with van der Waals surface area (Å²) in [6.07, 6.45) is 0.116. The fourth-order valence-corrected chi connectivity index (χ4v) is 2.50. The minimum Gasteiger partial charge on any atom is -0.483 e. The van der Waals surface area contributed by atoms with Crippen LogP contribution < -0.4 is 5.32 Å². The molecule has 0 radical (unpaired) electrons. The Bertz CT molecular complexity index is 483. The largest absolute Gasteiger partial charge is 0.483 e. The van der Waals surface area contributed by atoms with Crippen molar-refractivity contribution in [3.63, 3.8) is 0 Å². The van der Waals surface area contributed by atoms with E-state index in [4.69, 9.17) is 14.6 Å². The number of carbonyl (C=O) groups excluding carboxylic acids is 1. The molecule has 1 amide bonds. The van der Waals surface area contributed by atoms with Crippen LogP contribution in [0.25, 0.3) is 0 Å². The number of piperidine rings is 1. The average molecular weight is 338 g/mol. The number of carboxylic acid groups (broad SMARTS) is 1. The second-order valence-electron chi connectivity index (χ2n) is 5.66. The molecule has 7 nitrogen and oxygen atoms in total. The number of aliphatic hydroxyl groups excluding tert-OH is 1. The van der Waals surface area contributed by atoms with E-state index in [-0.39, 0.29) is 18.3 Å². The fourth-order valence-electron chi connectivity index (χ4n) is 2.50. The summed E-state index contributed by atoms with van der Waals surface area (Å²) in [6.45, 7) is 2.69. The third-order valence-electron chi connectivity index (χ3n) is 3.77. The zero-order valence-electron chi connectivity index (χ0n) is 13.9. The standard InChI is InChI=1S/C16H24N2O3.CH2O2/c1-18-9-7-15(19)14(11-18)16(20)17-8-10-21-12-13-5-3-2-4-6-13;2-1-3/h2-6,14-15,19H,7-12H2,1H3,(H,17,20);1H,(H,2,3)/t14-,15+;/m1./s1. The number of carbonyl (C=O) groups is 2. The summed E-state index contributed by atoms with van der Waals surface area (Å²) < 4.78 is 5.52. The van der Waals surface area contributed by atoms with Crippen LogP contribution in [0.2, 0.25) is 0 Å². The van der Waals surface area contributed by atoms with Gasteiger partial charge >= 0.3 is 0 Å². The van der Waals surface area contributed by atoms with Crippen LogP contribution in [-0.4, -0.2) is 66.9 Å². The minimum absolute atomic E-state index is 0.0858. The Hall–Kier alpha value is -1.96. The molecule has 0 unspecified atom stereocenters. The van der Waals surface area contributed by atoms with Crippen molar-refractivity contribution in [1.29, 1.82) is 0 Å². The lowest BCUT2D eigenvalue weighted by Crippen LogP contribution is -2.49. The Morgan fingerprint density at radius 1 is 1.42 bits per heavy atom. The number of aliphatic hydroxyl groups is 1. The maximum absolute atomic E-state index is 12.0. The molecule has 1 saturated heterocycles. The van der Waals surface area contributed by atoms with Gasteiger partial charge in [-0.2, -0.15) is 0 Å². The van der Waals surface area contributed by atoms with Crippen LogP contribution >= 0.6 is 0 Å². The van der Waals surface area contributed by atoms with Crippen molar-refractivity contribution >= 4 is 12.4 Å². The molecule has 1 aromatic rings. The Morgan fingerprint density at radius 3 is 2.75 bits per heavy atom. The van der Waals surface area contributed by atoms with Gasteiger partial charge in [-0.25, -0.2) is 0 Å². The topological polar surface area (TPSA) is 99.1 Å². The van der Waals surface area contributed by atoms with E-state index in [1.807, 2.05) is 37.4 Å². The maximum Gasteiger partial charge on any atom is 0.290 e. The van der Waals surface area contributed by atoms with Gasteiger partial charge in [-0.1, -0.05) is 30.3 Å². The summed E-state index contributed by atoms with van der Waals surface area (Å²) in [6, 6.07) is 9.93. The van der Waals surface area contributed by atoms with E-state index in [0.717, 1.165) is 12.1 Å². The van der Waals surface area contributed by atoms with Crippen LogP contribution in [0.15, 0.2) is 30.3 Å². The predicted molar refractivity (Wildman–Crippen MR) is 89.4 cm³/mol. The molecular weight excluding hydrogens is 312 g/mol. The molecule has 0 spiro atoms. The first kappa shape index (κ1) is 20.1. The first-order valence-electron chi connectivity index (χ1n) is 7.92. The molecule has 0 saturated carbocycles. The number of ether oxygens (including phenoxy) is 1. The smallest absolute Gasteiger partial charge is 0.290 e. The molecule has 134 valence electrons. The number of likely N-dealkylation sites (tertiary alicyclic amines) is 1. The van der Waals surface area contributed by atoms with Crippen LogP contribution in [0, 0.1) is 5.92 Å². The van der Waals surface area contributed by atoms with E-state index >= 15 is 0 Å². The Balaban J connectivity index is 0.000000891. The Morgan fingerprint density at radius 2 is 2.08 bits per heavy atom. The van der Waals surface area contributed by atoms with Gasteiger partial charge in [-0.05, 0) is 19.0 Å². The van der Waals surface area contributed by atoms with E-state index < -0.39 is 6.10 Å². The summed E-state index contributed by atoms with van der Waals surface area (Å²) in [5.41, 5.74) is 1.12. The lowest BCUT2D eigenvalue weighted by Gasteiger charge is -2.32. The van der Waals surface area contributed by atoms with E-state index in [9.17, 15) is 9.90 Å². The molecule has 0 bridgehead atoms. The molecule has 1 aliphatic heterocycles. The van der Waals surface area contributed by atoms with Crippen LogP contribution in [-0.2, 0) is 20.9 Å². The highest BCUT2D eigenvalue weighted by molar-refractivity contribution is 5.79. The molecule has 7 heteroatoms. The summed E-state index contributed by atoms with van der Waals surface area (Å²) in [5, 5.41) is 19.6. The molecular formula is C17H26N2O5. The molecule has 3 N–H and O–H groups in total. The molecule has 0 aromatic heterocycles. The monoisotopic (exact) mass is 338 g/mol. The van der Waals surface area contributed by atoms with Gasteiger partial charge in [0.25, 0.3) is 6.47 Å². The molecule has 1 aromatic carbocycles. The zero-order valence-corrected chi connectivity index (χ0v) is 13.9. The maximum atomic E-state index is 12.0. The van der Waals surface area contributed by atoms with Crippen molar-refractivity contribution < 1.29 is 24.5 Å². The Kier molecular flexibility index (Phi) is 9.67. The number of hydrogen-bond acceptors (Lipinski definition) is 5. The average Bonchev–Trinajstić information content (AvgIpc) is 2.58. The van der Waals surface area contributed by atoms with Crippen LogP contribution in [0.3, 0.4) is 0 Å². The number of nitrogens with one attached hydrogen (secondary N) is 1. The third-order valence-corrected chi connectivity index (χ3v) is 3.77. The first-order chi connectivity index (χ1) is 11.6. The molecule has 1 fully saturated rings. The molecule has 0 aliphatic carbocycles. The number of hydrogen-bond donors (Lipinski definition) is 3. The third kappa shape index (κ3) is 7.54. The molecule has 24 heavy (non-hydrogen) atoms. The SMILES string of the molecule is CN1CC[C@H](O)[C@H](C(=O)NCCOCc2ccccc2)C1.O=CO.